The maximum atomic E-state index is 11.0. The van der Waals surface area contributed by atoms with Crippen molar-refractivity contribution in [1.29, 1.82) is 0 Å². The first-order valence-corrected chi connectivity index (χ1v) is 5.05. The molecule has 0 radical (unpaired) electrons. The van der Waals surface area contributed by atoms with E-state index in [1.54, 1.807) is 0 Å². The van der Waals surface area contributed by atoms with Crippen molar-refractivity contribution in [2.45, 2.75) is 12.3 Å². The second kappa shape index (κ2) is 3.31. The lowest BCUT2D eigenvalue weighted by Gasteiger charge is -2.05. The molecule has 0 bridgehead atoms. The van der Waals surface area contributed by atoms with Crippen LogP contribution >= 0.6 is 11.8 Å². The maximum absolute atomic E-state index is 11.0. The minimum Gasteiger partial charge on any atom is -0.287 e. The topological polar surface area (TPSA) is 17.1 Å². The summed E-state index contributed by atoms with van der Waals surface area (Å²) in [6.45, 7) is 0. The Balaban J connectivity index is 2.16. The van der Waals surface area contributed by atoms with Crippen molar-refractivity contribution in [3.8, 4) is 0 Å². The van der Waals surface area contributed by atoms with Crippen molar-refractivity contribution in [3.63, 3.8) is 0 Å². The molecule has 2 heteroatoms. The Bertz CT molecular complexity index is 281. The highest BCUT2D eigenvalue weighted by atomic mass is 32.2. The fourth-order valence-electron chi connectivity index (χ4n) is 1.45. The molecule has 12 heavy (non-hydrogen) atoms. The van der Waals surface area contributed by atoms with Crippen LogP contribution in [0.3, 0.4) is 0 Å². The van der Waals surface area contributed by atoms with Crippen LogP contribution in [-0.2, 0) is 4.79 Å². The molecule has 1 fully saturated rings. The number of thioether (sulfide) groups is 1. The molecular weight excluding hydrogens is 168 g/mol. The van der Waals surface area contributed by atoms with E-state index in [4.69, 9.17) is 0 Å². The van der Waals surface area contributed by atoms with Crippen LogP contribution in [-0.4, -0.2) is 10.9 Å². The summed E-state index contributed by atoms with van der Waals surface area (Å²) >= 11 is 1.46. The van der Waals surface area contributed by atoms with Crippen LogP contribution in [0.25, 0.3) is 0 Å². The molecule has 0 aliphatic carbocycles. The number of carbonyl (C=O) groups is 1. The van der Waals surface area contributed by atoms with Gasteiger partial charge in [0.25, 0.3) is 0 Å². The standard InChI is InChI=1S/C10H10OS/c11-10-6-9(7-12-10)8-4-2-1-3-5-8/h1-5,9H,6-7H2. The van der Waals surface area contributed by atoms with E-state index in [0.717, 1.165) is 5.75 Å². The van der Waals surface area contributed by atoms with E-state index in [0.29, 0.717) is 17.5 Å². The average Bonchev–Trinajstić information content (AvgIpc) is 2.54. The molecule has 1 heterocycles. The van der Waals surface area contributed by atoms with Crippen LogP contribution in [0.4, 0.5) is 0 Å². The highest BCUT2D eigenvalue weighted by Crippen LogP contribution is 2.33. The van der Waals surface area contributed by atoms with Gasteiger partial charge in [0.05, 0.1) is 0 Å². The monoisotopic (exact) mass is 178 g/mol. The molecule has 0 N–H and O–H groups in total. The van der Waals surface area contributed by atoms with E-state index in [-0.39, 0.29) is 0 Å². The van der Waals surface area contributed by atoms with E-state index < -0.39 is 0 Å². The van der Waals surface area contributed by atoms with Gasteiger partial charge in [0.2, 0.25) is 0 Å². The molecule has 1 atom stereocenters. The molecule has 0 aromatic heterocycles. The van der Waals surface area contributed by atoms with Crippen LogP contribution < -0.4 is 0 Å². The third-order valence-electron chi connectivity index (χ3n) is 2.13. The van der Waals surface area contributed by atoms with Crippen LogP contribution in [0.2, 0.25) is 0 Å². The predicted octanol–water partition coefficient (Wildman–Crippen LogP) is 2.43. The number of benzene rings is 1. The SMILES string of the molecule is O=C1CC(c2ccccc2)CS1. The van der Waals surface area contributed by atoms with Gasteiger partial charge in [-0.2, -0.15) is 0 Å². The number of carbonyl (C=O) groups excluding carboxylic acids is 1. The molecule has 1 aromatic carbocycles. The Kier molecular flexibility index (Phi) is 2.17. The molecule has 62 valence electrons. The summed E-state index contributed by atoms with van der Waals surface area (Å²) in [5, 5.41) is 0.337. The molecule has 1 aromatic rings. The summed E-state index contributed by atoms with van der Waals surface area (Å²) in [5.74, 6) is 1.42. The first kappa shape index (κ1) is 7.87. The van der Waals surface area contributed by atoms with E-state index in [9.17, 15) is 4.79 Å². The van der Waals surface area contributed by atoms with Gasteiger partial charge in [-0.15, -0.1) is 0 Å². The molecule has 0 amide bonds. The minimum absolute atomic E-state index is 0.337. The molecule has 1 aliphatic heterocycles. The summed E-state index contributed by atoms with van der Waals surface area (Å²) in [4.78, 5) is 11.0. The summed E-state index contributed by atoms with van der Waals surface area (Å²) in [6.07, 6.45) is 0.717. The average molecular weight is 178 g/mol. The Morgan fingerprint density at radius 2 is 2.00 bits per heavy atom. The van der Waals surface area contributed by atoms with E-state index in [2.05, 4.69) is 12.1 Å². The molecule has 1 saturated heterocycles. The first-order chi connectivity index (χ1) is 5.86. The lowest BCUT2D eigenvalue weighted by Crippen LogP contribution is -1.95. The Morgan fingerprint density at radius 1 is 1.25 bits per heavy atom. The summed E-state index contributed by atoms with van der Waals surface area (Å²) in [7, 11) is 0. The zero-order valence-corrected chi connectivity index (χ0v) is 7.51. The fourth-order valence-corrected chi connectivity index (χ4v) is 2.47. The van der Waals surface area contributed by atoms with Gasteiger partial charge in [0.1, 0.15) is 0 Å². The first-order valence-electron chi connectivity index (χ1n) is 4.07. The Labute approximate surface area is 76.2 Å². The zero-order valence-electron chi connectivity index (χ0n) is 6.69. The second-order valence-electron chi connectivity index (χ2n) is 2.99. The van der Waals surface area contributed by atoms with Crippen LogP contribution in [0.5, 0.6) is 0 Å². The zero-order chi connectivity index (χ0) is 8.39. The second-order valence-corrected chi connectivity index (χ2v) is 4.07. The maximum Gasteiger partial charge on any atom is 0.189 e. The van der Waals surface area contributed by atoms with Gasteiger partial charge in [-0.25, -0.2) is 0 Å². The van der Waals surface area contributed by atoms with Crippen LogP contribution in [0.15, 0.2) is 30.3 Å². The number of rotatable bonds is 1. The molecular formula is C10H10OS. The van der Waals surface area contributed by atoms with Gasteiger partial charge in [-0.1, -0.05) is 42.1 Å². The fraction of sp³-hybridized carbons (Fsp3) is 0.300. The van der Waals surface area contributed by atoms with Crippen molar-refractivity contribution in [3.05, 3.63) is 35.9 Å². The summed E-state index contributed by atoms with van der Waals surface area (Å²) in [5.41, 5.74) is 1.30. The van der Waals surface area contributed by atoms with Gasteiger partial charge in [0, 0.05) is 18.1 Å². The van der Waals surface area contributed by atoms with Crippen molar-refractivity contribution in [2.75, 3.05) is 5.75 Å². The van der Waals surface area contributed by atoms with Crippen LogP contribution in [0.1, 0.15) is 17.9 Å². The van der Waals surface area contributed by atoms with E-state index in [1.165, 1.54) is 17.3 Å². The van der Waals surface area contributed by atoms with E-state index in [1.807, 2.05) is 18.2 Å². The van der Waals surface area contributed by atoms with Crippen molar-refractivity contribution >= 4 is 16.9 Å². The molecule has 2 rings (SSSR count). The van der Waals surface area contributed by atoms with Gasteiger partial charge >= 0.3 is 0 Å². The molecule has 1 nitrogen and oxygen atoms in total. The number of hydrogen-bond acceptors (Lipinski definition) is 2. The van der Waals surface area contributed by atoms with Crippen LogP contribution in [0, 0.1) is 0 Å². The highest BCUT2D eigenvalue weighted by molar-refractivity contribution is 8.14. The lowest BCUT2D eigenvalue weighted by atomic mass is 9.99. The normalized spacial score (nSPS) is 23.0. The third kappa shape index (κ3) is 1.53. The van der Waals surface area contributed by atoms with E-state index >= 15 is 0 Å². The quantitative estimate of drug-likeness (QED) is 0.657. The summed E-state index contributed by atoms with van der Waals surface area (Å²) < 4.78 is 0. The molecule has 1 aliphatic rings. The van der Waals surface area contributed by atoms with Crippen molar-refractivity contribution in [1.82, 2.24) is 0 Å². The lowest BCUT2D eigenvalue weighted by molar-refractivity contribution is -0.110. The Hall–Kier alpha value is -0.760. The van der Waals surface area contributed by atoms with Gasteiger partial charge in [-0.3, -0.25) is 4.79 Å². The van der Waals surface area contributed by atoms with Gasteiger partial charge in [0.15, 0.2) is 5.12 Å². The number of hydrogen-bond donors (Lipinski definition) is 0. The molecule has 0 spiro atoms. The predicted molar refractivity (Wildman–Crippen MR) is 51.3 cm³/mol. The molecule has 0 saturated carbocycles. The third-order valence-corrected chi connectivity index (χ3v) is 3.19. The smallest absolute Gasteiger partial charge is 0.189 e. The Morgan fingerprint density at radius 3 is 2.58 bits per heavy atom. The highest BCUT2D eigenvalue weighted by Gasteiger charge is 2.23. The van der Waals surface area contributed by atoms with Gasteiger partial charge < -0.3 is 0 Å². The summed E-state index contributed by atoms with van der Waals surface area (Å²) in [6, 6.07) is 10.3. The largest absolute Gasteiger partial charge is 0.287 e. The van der Waals surface area contributed by atoms with Gasteiger partial charge in [-0.05, 0) is 5.56 Å². The minimum atomic E-state index is 0.337. The molecule has 1 unspecified atom stereocenters. The van der Waals surface area contributed by atoms with Crippen molar-refractivity contribution < 1.29 is 4.79 Å². The van der Waals surface area contributed by atoms with Crippen molar-refractivity contribution in [2.24, 2.45) is 0 Å².